The molecule has 4 aromatic rings. The van der Waals surface area contributed by atoms with Gasteiger partial charge in [-0.2, -0.15) is 0 Å². The van der Waals surface area contributed by atoms with Gasteiger partial charge >= 0.3 is 0 Å². The molecule has 2 N–H and O–H groups in total. The fraction of sp³-hybridized carbons (Fsp3) is 0. The van der Waals surface area contributed by atoms with Crippen molar-refractivity contribution in [3.05, 3.63) is 88.7 Å². The van der Waals surface area contributed by atoms with Crippen LogP contribution in [-0.4, -0.2) is 25.9 Å². The second kappa shape index (κ2) is 7.35. The quantitative estimate of drug-likeness (QED) is 0.401. The van der Waals surface area contributed by atoms with Gasteiger partial charge in [-0.1, -0.05) is 54.6 Å². The number of benzene rings is 2. The summed E-state index contributed by atoms with van der Waals surface area (Å²) in [6, 6.07) is 19.0. The van der Waals surface area contributed by atoms with E-state index < -0.39 is 10.8 Å². The molecule has 0 saturated heterocycles. The molecule has 0 radical (unpaired) electrons. The van der Waals surface area contributed by atoms with Crippen molar-refractivity contribution in [1.29, 1.82) is 0 Å². The van der Waals surface area contributed by atoms with Crippen molar-refractivity contribution < 1.29 is 14.8 Å². The number of nitro groups is 1. The van der Waals surface area contributed by atoms with Gasteiger partial charge < -0.3 is 10.4 Å². The first-order valence-corrected chi connectivity index (χ1v) is 8.63. The summed E-state index contributed by atoms with van der Waals surface area (Å²) >= 11 is 0. The van der Waals surface area contributed by atoms with Gasteiger partial charge in [0.25, 0.3) is 11.6 Å². The molecule has 0 atom stereocenters. The number of hydrogen-bond donors (Lipinski definition) is 2. The van der Waals surface area contributed by atoms with Crippen LogP contribution in [0.15, 0.2) is 72.9 Å². The molecule has 0 aliphatic rings. The van der Waals surface area contributed by atoms with Gasteiger partial charge in [0.1, 0.15) is 12.0 Å². The summed E-state index contributed by atoms with van der Waals surface area (Å²) in [7, 11) is 0. The molecule has 0 fully saturated rings. The molecule has 8 nitrogen and oxygen atoms in total. The van der Waals surface area contributed by atoms with E-state index in [1.54, 1.807) is 12.1 Å². The van der Waals surface area contributed by atoms with Gasteiger partial charge in [-0.25, -0.2) is 9.97 Å². The first kappa shape index (κ1) is 18.1. The number of carbonyl (C=O) groups is 1. The molecular weight excluding hydrogens is 372 g/mol. The van der Waals surface area contributed by atoms with Crippen LogP contribution in [0.4, 0.5) is 11.5 Å². The fourth-order valence-corrected chi connectivity index (χ4v) is 2.97. The third-order valence-electron chi connectivity index (χ3n) is 4.35. The van der Waals surface area contributed by atoms with E-state index in [1.807, 2.05) is 42.5 Å². The SMILES string of the molecule is O=C(Nc1ccc([N+](=O)[O-])cn1)c1nc(-c2ccccc2)c2ccccc2c1O. The highest BCUT2D eigenvalue weighted by Crippen LogP contribution is 2.34. The van der Waals surface area contributed by atoms with Gasteiger partial charge in [0.15, 0.2) is 11.4 Å². The Hall–Kier alpha value is -4.33. The first-order valence-electron chi connectivity index (χ1n) is 8.63. The van der Waals surface area contributed by atoms with Gasteiger partial charge in [0, 0.05) is 22.4 Å². The highest BCUT2D eigenvalue weighted by Gasteiger charge is 2.20. The van der Waals surface area contributed by atoms with E-state index in [-0.39, 0.29) is 22.9 Å². The lowest BCUT2D eigenvalue weighted by Gasteiger charge is -2.12. The Morgan fingerprint density at radius 2 is 1.66 bits per heavy atom. The van der Waals surface area contributed by atoms with Crippen LogP contribution in [0.25, 0.3) is 22.0 Å². The Bertz CT molecular complexity index is 1220. The lowest BCUT2D eigenvalue weighted by Crippen LogP contribution is -2.15. The Labute approximate surface area is 164 Å². The van der Waals surface area contributed by atoms with Crippen molar-refractivity contribution in [2.75, 3.05) is 5.32 Å². The number of pyridine rings is 2. The van der Waals surface area contributed by atoms with E-state index in [2.05, 4.69) is 15.3 Å². The minimum atomic E-state index is -0.674. The number of nitrogens with one attached hydrogen (secondary N) is 1. The molecule has 2 heterocycles. The van der Waals surface area contributed by atoms with Crippen LogP contribution in [-0.2, 0) is 0 Å². The highest BCUT2D eigenvalue weighted by molar-refractivity contribution is 6.10. The number of carbonyl (C=O) groups excluding carboxylic acids is 1. The van der Waals surface area contributed by atoms with Crippen LogP contribution in [0, 0.1) is 10.1 Å². The average molecular weight is 386 g/mol. The average Bonchev–Trinajstić information content (AvgIpc) is 2.75. The lowest BCUT2D eigenvalue weighted by atomic mass is 10.0. The lowest BCUT2D eigenvalue weighted by molar-refractivity contribution is -0.385. The molecule has 2 aromatic carbocycles. The summed E-state index contributed by atoms with van der Waals surface area (Å²) in [5, 5.41) is 25.1. The van der Waals surface area contributed by atoms with E-state index >= 15 is 0 Å². The van der Waals surface area contributed by atoms with E-state index in [4.69, 9.17) is 0 Å². The number of rotatable bonds is 4. The summed E-state index contributed by atoms with van der Waals surface area (Å²) < 4.78 is 0. The highest BCUT2D eigenvalue weighted by atomic mass is 16.6. The maximum Gasteiger partial charge on any atom is 0.287 e. The molecular formula is C21H14N4O4. The molecule has 142 valence electrons. The summed E-state index contributed by atoms with van der Waals surface area (Å²) in [5.74, 6) is -0.817. The second-order valence-corrected chi connectivity index (χ2v) is 6.18. The molecule has 0 bridgehead atoms. The molecule has 0 aliphatic heterocycles. The van der Waals surface area contributed by atoms with E-state index in [0.29, 0.717) is 16.5 Å². The van der Waals surface area contributed by atoms with Crippen molar-refractivity contribution in [3.8, 4) is 17.0 Å². The normalized spacial score (nSPS) is 10.6. The van der Waals surface area contributed by atoms with Gasteiger partial charge in [-0.3, -0.25) is 14.9 Å². The Morgan fingerprint density at radius 3 is 2.31 bits per heavy atom. The summed E-state index contributed by atoms with van der Waals surface area (Å²) in [6.07, 6.45) is 1.04. The van der Waals surface area contributed by atoms with E-state index in [0.717, 1.165) is 11.8 Å². The number of hydrogen-bond acceptors (Lipinski definition) is 6. The zero-order valence-corrected chi connectivity index (χ0v) is 14.9. The van der Waals surface area contributed by atoms with Crippen LogP contribution in [0.3, 0.4) is 0 Å². The zero-order chi connectivity index (χ0) is 20.4. The topological polar surface area (TPSA) is 118 Å². The second-order valence-electron chi connectivity index (χ2n) is 6.18. The summed E-state index contributed by atoms with van der Waals surface area (Å²) in [4.78, 5) is 31.2. The maximum absolute atomic E-state index is 12.8. The van der Waals surface area contributed by atoms with Crippen LogP contribution in [0.5, 0.6) is 5.75 Å². The third kappa shape index (κ3) is 3.46. The molecule has 0 unspecified atom stereocenters. The monoisotopic (exact) mass is 386 g/mol. The molecule has 2 aromatic heterocycles. The maximum atomic E-state index is 12.8. The molecule has 4 rings (SSSR count). The van der Waals surface area contributed by atoms with Gasteiger partial charge in [-0.15, -0.1) is 0 Å². The number of nitrogens with zero attached hydrogens (tertiary/aromatic N) is 3. The van der Waals surface area contributed by atoms with Crippen LogP contribution in [0.2, 0.25) is 0 Å². The van der Waals surface area contributed by atoms with Crippen molar-refractivity contribution in [1.82, 2.24) is 9.97 Å². The number of amides is 1. The fourth-order valence-electron chi connectivity index (χ4n) is 2.97. The number of aromatic hydroxyl groups is 1. The minimum absolute atomic E-state index is 0.108. The molecule has 0 saturated carbocycles. The molecule has 8 heteroatoms. The number of aromatic nitrogens is 2. The molecule has 1 amide bonds. The van der Waals surface area contributed by atoms with Crippen molar-refractivity contribution >= 4 is 28.2 Å². The van der Waals surface area contributed by atoms with Crippen LogP contribution >= 0.6 is 0 Å². The minimum Gasteiger partial charge on any atom is -0.505 e. The van der Waals surface area contributed by atoms with Crippen molar-refractivity contribution in [3.63, 3.8) is 0 Å². The number of fused-ring (bicyclic) bond motifs is 1. The van der Waals surface area contributed by atoms with Crippen molar-refractivity contribution in [2.45, 2.75) is 0 Å². The molecule has 0 aliphatic carbocycles. The molecule has 29 heavy (non-hydrogen) atoms. The van der Waals surface area contributed by atoms with Crippen LogP contribution < -0.4 is 5.32 Å². The number of anilines is 1. The Kier molecular flexibility index (Phi) is 4.58. The van der Waals surface area contributed by atoms with Crippen molar-refractivity contribution in [2.24, 2.45) is 0 Å². The van der Waals surface area contributed by atoms with E-state index in [1.165, 1.54) is 12.1 Å². The van der Waals surface area contributed by atoms with E-state index in [9.17, 15) is 20.0 Å². The Balaban J connectivity index is 1.78. The predicted molar refractivity (Wildman–Crippen MR) is 108 cm³/mol. The largest absolute Gasteiger partial charge is 0.505 e. The van der Waals surface area contributed by atoms with Gasteiger partial charge in [-0.05, 0) is 6.07 Å². The smallest absolute Gasteiger partial charge is 0.287 e. The third-order valence-corrected chi connectivity index (χ3v) is 4.35. The first-order chi connectivity index (χ1) is 14.0. The predicted octanol–water partition coefficient (Wildman–Crippen LogP) is 4.16. The van der Waals surface area contributed by atoms with Gasteiger partial charge in [0.05, 0.1) is 10.6 Å². The van der Waals surface area contributed by atoms with Crippen LogP contribution in [0.1, 0.15) is 10.5 Å². The molecule has 0 spiro atoms. The standard InChI is InChI=1S/C21H14N4O4/c26-20-16-9-5-4-8-15(16)18(13-6-2-1-3-7-13)24-19(20)21(27)23-17-11-10-14(12-22-17)25(28)29/h1-12,26H,(H,22,23,27). The summed E-state index contributed by atoms with van der Waals surface area (Å²) in [5.41, 5.74) is 0.996. The van der Waals surface area contributed by atoms with Gasteiger partial charge in [0.2, 0.25) is 0 Å². The Morgan fingerprint density at radius 1 is 0.966 bits per heavy atom. The zero-order valence-electron chi connectivity index (χ0n) is 14.9. The summed E-state index contributed by atoms with van der Waals surface area (Å²) in [6.45, 7) is 0.